The average Bonchev–Trinajstić information content (AvgIpc) is 2.67. The number of carbonyl (C=O) groups is 1. The SMILES string of the molecule is CC[C@H](NC(=O)[C@H](C)Oc1ccc(N(C)S(C)(=O)=O)cc1)c1ccc(C)c(C)c1. The molecule has 0 spiro atoms. The van der Waals surface area contributed by atoms with E-state index in [0.29, 0.717) is 11.4 Å². The zero-order valence-corrected chi connectivity index (χ0v) is 18.7. The molecule has 29 heavy (non-hydrogen) atoms. The highest BCUT2D eigenvalue weighted by Crippen LogP contribution is 2.22. The first-order valence-corrected chi connectivity index (χ1v) is 11.5. The lowest BCUT2D eigenvalue weighted by Gasteiger charge is -2.22. The van der Waals surface area contributed by atoms with Gasteiger partial charge in [-0.2, -0.15) is 0 Å². The maximum atomic E-state index is 12.6. The summed E-state index contributed by atoms with van der Waals surface area (Å²) in [4.78, 5) is 12.6. The number of sulfonamides is 1. The normalized spacial score (nSPS) is 13.4. The van der Waals surface area contributed by atoms with Crippen molar-refractivity contribution >= 4 is 21.6 Å². The van der Waals surface area contributed by atoms with Crippen LogP contribution < -0.4 is 14.4 Å². The van der Waals surface area contributed by atoms with E-state index in [1.807, 2.05) is 13.0 Å². The fraction of sp³-hybridized carbons (Fsp3) is 0.409. The van der Waals surface area contributed by atoms with Crippen LogP contribution in [0.15, 0.2) is 42.5 Å². The third-order valence-corrected chi connectivity index (χ3v) is 6.24. The van der Waals surface area contributed by atoms with E-state index in [-0.39, 0.29) is 11.9 Å². The van der Waals surface area contributed by atoms with Gasteiger partial charge in [0.1, 0.15) is 5.75 Å². The third-order valence-electron chi connectivity index (χ3n) is 5.04. The molecule has 0 heterocycles. The number of hydrogen-bond donors (Lipinski definition) is 1. The van der Waals surface area contributed by atoms with Crippen LogP contribution in [0, 0.1) is 13.8 Å². The van der Waals surface area contributed by atoms with E-state index in [2.05, 4.69) is 31.3 Å². The van der Waals surface area contributed by atoms with Crippen LogP contribution in [0.3, 0.4) is 0 Å². The zero-order valence-electron chi connectivity index (χ0n) is 17.9. The van der Waals surface area contributed by atoms with Crippen molar-refractivity contribution in [2.24, 2.45) is 0 Å². The summed E-state index contributed by atoms with van der Waals surface area (Å²) in [6, 6.07) is 12.7. The average molecular weight is 419 g/mol. The zero-order chi connectivity index (χ0) is 21.8. The molecule has 158 valence electrons. The number of nitrogens with zero attached hydrogens (tertiary/aromatic N) is 1. The highest BCUT2D eigenvalue weighted by atomic mass is 32.2. The molecule has 2 aromatic rings. The third kappa shape index (κ3) is 5.97. The van der Waals surface area contributed by atoms with Gasteiger partial charge in [0.25, 0.3) is 5.91 Å². The molecule has 2 rings (SSSR count). The Bertz CT molecular complexity index is 955. The molecule has 0 aromatic heterocycles. The molecule has 0 radical (unpaired) electrons. The Morgan fingerprint density at radius 1 is 1.10 bits per heavy atom. The molecule has 0 aliphatic rings. The number of hydrogen-bond acceptors (Lipinski definition) is 4. The van der Waals surface area contributed by atoms with Crippen LogP contribution >= 0.6 is 0 Å². The van der Waals surface area contributed by atoms with Crippen molar-refractivity contribution in [1.29, 1.82) is 0 Å². The Balaban J connectivity index is 2.03. The molecule has 1 amide bonds. The van der Waals surface area contributed by atoms with Crippen molar-refractivity contribution in [3.63, 3.8) is 0 Å². The fourth-order valence-electron chi connectivity index (χ4n) is 2.88. The number of rotatable bonds is 8. The first-order valence-electron chi connectivity index (χ1n) is 9.61. The number of nitrogens with one attached hydrogen (secondary N) is 1. The summed E-state index contributed by atoms with van der Waals surface area (Å²) < 4.78 is 30.1. The molecule has 0 saturated heterocycles. The molecule has 0 unspecified atom stereocenters. The summed E-state index contributed by atoms with van der Waals surface area (Å²) in [5.41, 5.74) is 4.01. The van der Waals surface area contributed by atoms with Gasteiger partial charge in [-0.15, -0.1) is 0 Å². The van der Waals surface area contributed by atoms with Gasteiger partial charge in [-0.25, -0.2) is 8.42 Å². The maximum absolute atomic E-state index is 12.6. The van der Waals surface area contributed by atoms with Crippen LogP contribution in [0.25, 0.3) is 0 Å². The number of anilines is 1. The molecule has 2 aromatic carbocycles. The standard InChI is InChI=1S/C22H30N2O4S/c1-7-21(18-9-8-15(2)16(3)14-18)23-22(25)17(4)28-20-12-10-19(11-13-20)24(5)29(6,26)27/h8-14,17,21H,7H2,1-6H3,(H,23,25)/t17-,21-/m0/s1. The second-order valence-corrected chi connectivity index (χ2v) is 9.31. The summed E-state index contributed by atoms with van der Waals surface area (Å²) in [5, 5.41) is 3.05. The Morgan fingerprint density at radius 2 is 1.72 bits per heavy atom. The Morgan fingerprint density at radius 3 is 2.24 bits per heavy atom. The van der Waals surface area contributed by atoms with Gasteiger partial charge < -0.3 is 10.1 Å². The number of carbonyl (C=O) groups excluding carboxylic acids is 1. The van der Waals surface area contributed by atoms with E-state index in [1.54, 1.807) is 31.2 Å². The van der Waals surface area contributed by atoms with Crippen LogP contribution in [0.5, 0.6) is 5.75 Å². The predicted molar refractivity (Wildman–Crippen MR) is 117 cm³/mol. The quantitative estimate of drug-likeness (QED) is 0.709. The maximum Gasteiger partial charge on any atom is 0.261 e. The van der Waals surface area contributed by atoms with Gasteiger partial charge in [-0.3, -0.25) is 9.10 Å². The predicted octanol–water partition coefficient (Wildman–Crippen LogP) is 3.73. The van der Waals surface area contributed by atoms with E-state index in [0.717, 1.165) is 18.2 Å². The van der Waals surface area contributed by atoms with Crippen molar-refractivity contribution in [3.8, 4) is 5.75 Å². The highest BCUT2D eigenvalue weighted by Gasteiger charge is 2.20. The van der Waals surface area contributed by atoms with Gasteiger partial charge in [0.2, 0.25) is 10.0 Å². The molecule has 0 aliphatic carbocycles. The summed E-state index contributed by atoms with van der Waals surface area (Å²) in [6.45, 7) is 7.85. The molecule has 0 aliphatic heterocycles. The molecule has 6 nitrogen and oxygen atoms in total. The summed E-state index contributed by atoms with van der Waals surface area (Å²) in [6.07, 6.45) is 1.23. The number of ether oxygens (including phenoxy) is 1. The van der Waals surface area contributed by atoms with Gasteiger partial charge in [0, 0.05) is 7.05 Å². The van der Waals surface area contributed by atoms with Crippen LogP contribution in [0.2, 0.25) is 0 Å². The lowest BCUT2D eigenvalue weighted by Crippen LogP contribution is -2.38. The van der Waals surface area contributed by atoms with Crippen molar-refractivity contribution < 1.29 is 17.9 Å². The van der Waals surface area contributed by atoms with Crippen molar-refractivity contribution in [2.45, 2.75) is 46.3 Å². The van der Waals surface area contributed by atoms with Gasteiger partial charge in [-0.05, 0) is 68.1 Å². The van der Waals surface area contributed by atoms with Gasteiger partial charge in [-0.1, -0.05) is 25.1 Å². The molecule has 0 bridgehead atoms. The largest absolute Gasteiger partial charge is 0.481 e. The molecule has 1 N–H and O–H groups in total. The Labute approximate surface area is 173 Å². The smallest absolute Gasteiger partial charge is 0.261 e. The van der Waals surface area contributed by atoms with Crippen LogP contribution in [-0.2, 0) is 14.8 Å². The second-order valence-electron chi connectivity index (χ2n) is 7.30. The Hall–Kier alpha value is -2.54. The minimum absolute atomic E-state index is 0.0846. The van der Waals surface area contributed by atoms with Crippen LogP contribution in [0.4, 0.5) is 5.69 Å². The minimum atomic E-state index is -3.33. The monoisotopic (exact) mass is 418 g/mol. The van der Waals surface area contributed by atoms with Gasteiger partial charge in [0.05, 0.1) is 18.0 Å². The lowest BCUT2D eigenvalue weighted by atomic mass is 9.99. The van der Waals surface area contributed by atoms with E-state index >= 15 is 0 Å². The van der Waals surface area contributed by atoms with E-state index in [4.69, 9.17) is 4.74 Å². The topological polar surface area (TPSA) is 75.7 Å². The van der Waals surface area contributed by atoms with Crippen molar-refractivity contribution in [1.82, 2.24) is 5.32 Å². The number of amides is 1. The van der Waals surface area contributed by atoms with E-state index in [1.165, 1.54) is 22.5 Å². The molecule has 0 saturated carbocycles. The first kappa shape index (κ1) is 22.7. The highest BCUT2D eigenvalue weighted by molar-refractivity contribution is 7.92. The number of benzene rings is 2. The summed E-state index contributed by atoms with van der Waals surface area (Å²) in [5.74, 6) is 0.296. The molecule has 7 heteroatoms. The minimum Gasteiger partial charge on any atom is -0.481 e. The second kappa shape index (κ2) is 9.31. The fourth-order valence-corrected chi connectivity index (χ4v) is 3.38. The van der Waals surface area contributed by atoms with Crippen molar-refractivity contribution in [3.05, 3.63) is 59.2 Å². The molecule has 0 fully saturated rings. The molecular weight excluding hydrogens is 388 g/mol. The summed E-state index contributed by atoms with van der Waals surface area (Å²) >= 11 is 0. The Kier molecular flexibility index (Phi) is 7.30. The van der Waals surface area contributed by atoms with Crippen LogP contribution in [0.1, 0.15) is 43.0 Å². The molecular formula is C22H30N2O4S. The summed E-state index contributed by atoms with van der Waals surface area (Å²) in [7, 11) is -1.84. The van der Waals surface area contributed by atoms with E-state index in [9.17, 15) is 13.2 Å². The first-order chi connectivity index (χ1) is 13.5. The number of aryl methyl sites for hydroxylation is 2. The molecule has 2 atom stereocenters. The van der Waals surface area contributed by atoms with E-state index < -0.39 is 16.1 Å². The van der Waals surface area contributed by atoms with Crippen LogP contribution in [-0.4, -0.2) is 33.7 Å². The van der Waals surface area contributed by atoms with Gasteiger partial charge >= 0.3 is 0 Å². The van der Waals surface area contributed by atoms with Gasteiger partial charge in [0.15, 0.2) is 6.10 Å². The lowest BCUT2D eigenvalue weighted by molar-refractivity contribution is -0.128. The van der Waals surface area contributed by atoms with Crippen molar-refractivity contribution in [2.75, 3.05) is 17.6 Å².